The summed E-state index contributed by atoms with van der Waals surface area (Å²) < 4.78 is 9.71. The van der Waals surface area contributed by atoms with E-state index >= 15 is 0 Å². The summed E-state index contributed by atoms with van der Waals surface area (Å²) in [5.74, 6) is 1.34. The quantitative estimate of drug-likeness (QED) is 0.184. The second kappa shape index (κ2) is 11.4. The minimum absolute atomic E-state index is 0.0620. The first-order chi connectivity index (χ1) is 16.8. The van der Waals surface area contributed by atoms with Gasteiger partial charge in [-0.05, 0) is 80.2 Å². The van der Waals surface area contributed by atoms with Crippen LogP contribution in [0.15, 0.2) is 77.9 Å². The Kier molecular flexibility index (Phi) is 8.47. The SMILES string of the molecule is CC[C@@H](C)c1nc2ccc(Br)cc2c(=O)n1N=Cc1cc(Br)c(OCc2ccccc2Cl)c(Br)c1. The van der Waals surface area contributed by atoms with Crippen LogP contribution in [-0.4, -0.2) is 15.9 Å². The number of halogens is 4. The molecule has 9 heteroatoms. The van der Waals surface area contributed by atoms with Gasteiger partial charge < -0.3 is 4.74 Å². The van der Waals surface area contributed by atoms with Gasteiger partial charge in [-0.1, -0.05) is 59.6 Å². The summed E-state index contributed by atoms with van der Waals surface area (Å²) in [6.45, 7) is 4.43. The van der Waals surface area contributed by atoms with Crippen LogP contribution in [0.2, 0.25) is 5.02 Å². The molecule has 4 rings (SSSR count). The summed E-state index contributed by atoms with van der Waals surface area (Å²) in [6, 6.07) is 16.8. The fourth-order valence-electron chi connectivity index (χ4n) is 3.46. The fraction of sp³-hybridized carbons (Fsp3) is 0.192. The standard InChI is InChI=1S/C26H21Br3ClN3O2/c1-3-15(2)25-32-23-9-8-18(27)12-19(23)26(34)33(25)31-13-16-10-20(28)24(21(29)11-16)35-14-17-6-4-5-7-22(17)30/h4-13,15H,3,14H2,1-2H3/t15-/m1/s1. The van der Waals surface area contributed by atoms with Gasteiger partial charge in [-0.25, -0.2) is 4.98 Å². The van der Waals surface area contributed by atoms with Gasteiger partial charge in [-0.3, -0.25) is 4.79 Å². The molecule has 4 aromatic rings. The van der Waals surface area contributed by atoms with Gasteiger partial charge in [0, 0.05) is 21.0 Å². The van der Waals surface area contributed by atoms with Gasteiger partial charge in [-0.2, -0.15) is 9.78 Å². The predicted octanol–water partition coefficient (Wildman–Crippen LogP) is 8.31. The third kappa shape index (κ3) is 5.88. The van der Waals surface area contributed by atoms with E-state index in [1.54, 1.807) is 12.3 Å². The van der Waals surface area contributed by atoms with Crippen LogP contribution in [0.5, 0.6) is 5.75 Å². The predicted molar refractivity (Wildman–Crippen MR) is 153 cm³/mol. The average molecular weight is 683 g/mol. The third-order valence-electron chi connectivity index (χ3n) is 5.56. The van der Waals surface area contributed by atoms with Gasteiger partial charge in [0.1, 0.15) is 18.2 Å². The van der Waals surface area contributed by atoms with Gasteiger partial charge in [0.25, 0.3) is 5.56 Å². The van der Waals surface area contributed by atoms with Crippen LogP contribution >= 0.6 is 59.4 Å². The van der Waals surface area contributed by atoms with Crippen molar-refractivity contribution < 1.29 is 4.74 Å². The van der Waals surface area contributed by atoms with Crippen LogP contribution in [0.1, 0.15) is 43.1 Å². The molecule has 0 aliphatic heterocycles. The van der Waals surface area contributed by atoms with Gasteiger partial charge in [0.15, 0.2) is 0 Å². The zero-order valence-electron chi connectivity index (χ0n) is 18.9. The van der Waals surface area contributed by atoms with E-state index in [1.807, 2.05) is 55.5 Å². The lowest BCUT2D eigenvalue weighted by Crippen LogP contribution is -2.23. The maximum Gasteiger partial charge on any atom is 0.282 e. The van der Waals surface area contributed by atoms with Crippen LogP contribution in [0.25, 0.3) is 10.9 Å². The number of fused-ring (bicyclic) bond motifs is 1. The molecule has 1 atom stereocenters. The Bertz CT molecular complexity index is 1460. The van der Waals surface area contributed by atoms with E-state index in [4.69, 9.17) is 21.3 Å². The number of hydrogen-bond acceptors (Lipinski definition) is 4. The molecule has 0 saturated carbocycles. The maximum atomic E-state index is 13.3. The van der Waals surface area contributed by atoms with Crippen molar-refractivity contribution in [1.29, 1.82) is 0 Å². The van der Waals surface area contributed by atoms with Crippen molar-refractivity contribution in [2.24, 2.45) is 5.10 Å². The molecule has 0 unspecified atom stereocenters. The fourth-order valence-corrected chi connectivity index (χ4v) is 5.46. The summed E-state index contributed by atoms with van der Waals surface area (Å²) in [5, 5.41) is 5.71. The van der Waals surface area contributed by atoms with Gasteiger partial charge >= 0.3 is 0 Å². The molecule has 5 nitrogen and oxygen atoms in total. The molecule has 0 saturated heterocycles. The second-order valence-electron chi connectivity index (χ2n) is 8.00. The maximum absolute atomic E-state index is 13.3. The van der Waals surface area contributed by atoms with E-state index in [2.05, 4.69) is 59.8 Å². The minimum atomic E-state index is -0.208. The van der Waals surface area contributed by atoms with E-state index in [9.17, 15) is 4.79 Å². The Morgan fingerprint density at radius 2 is 1.83 bits per heavy atom. The number of aromatic nitrogens is 2. The highest BCUT2D eigenvalue weighted by Gasteiger charge is 2.16. The molecule has 0 aliphatic carbocycles. The Balaban J connectivity index is 1.68. The van der Waals surface area contributed by atoms with Crippen molar-refractivity contribution >= 4 is 76.5 Å². The van der Waals surface area contributed by atoms with Crippen molar-refractivity contribution in [3.63, 3.8) is 0 Å². The molecule has 35 heavy (non-hydrogen) atoms. The summed E-state index contributed by atoms with van der Waals surface area (Å²) in [5.41, 5.74) is 2.13. The zero-order chi connectivity index (χ0) is 25.1. The molecular weight excluding hydrogens is 661 g/mol. The molecule has 0 bridgehead atoms. The molecule has 0 spiro atoms. The van der Waals surface area contributed by atoms with Gasteiger partial charge in [0.05, 0.1) is 26.1 Å². The Labute approximate surface area is 233 Å². The van der Waals surface area contributed by atoms with Crippen molar-refractivity contribution in [1.82, 2.24) is 9.66 Å². The summed E-state index contributed by atoms with van der Waals surface area (Å²) >= 11 is 16.8. The summed E-state index contributed by atoms with van der Waals surface area (Å²) in [7, 11) is 0. The van der Waals surface area contributed by atoms with Crippen LogP contribution in [0.3, 0.4) is 0 Å². The highest BCUT2D eigenvalue weighted by molar-refractivity contribution is 9.11. The lowest BCUT2D eigenvalue weighted by atomic mass is 10.1. The summed E-state index contributed by atoms with van der Waals surface area (Å²) in [6.07, 6.45) is 2.48. The first kappa shape index (κ1) is 26.1. The van der Waals surface area contributed by atoms with Gasteiger partial charge in [-0.15, -0.1) is 0 Å². The van der Waals surface area contributed by atoms with E-state index in [0.29, 0.717) is 34.1 Å². The molecule has 0 N–H and O–H groups in total. The number of nitrogens with zero attached hydrogens (tertiary/aromatic N) is 3. The van der Waals surface area contributed by atoms with E-state index in [1.165, 1.54) is 4.68 Å². The van der Waals surface area contributed by atoms with Crippen LogP contribution in [0.4, 0.5) is 0 Å². The average Bonchev–Trinajstić information content (AvgIpc) is 2.83. The number of benzene rings is 3. The molecule has 0 amide bonds. The van der Waals surface area contributed by atoms with Crippen LogP contribution < -0.4 is 10.3 Å². The molecule has 1 aromatic heterocycles. The van der Waals surface area contributed by atoms with E-state index < -0.39 is 0 Å². The Morgan fingerprint density at radius 3 is 2.51 bits per heavy atom. The molecule has 0 aliphatic rings. The first-order valence-electron chi connectivity index (χ1n) is 10.9. The Hall–Kier alpha value is -2.00. The van der Waals surface area contributed by atoms with Crippen molar-refractivity contribution in [2.75, 3.05) is 0 Å². The molecule has 0 fully saturated rings. The molecule has 1 heterocycles. The lowest BCUT2D eigenvalue weighted by Gasteiger charge is -2.14. The van der Waals surface area contributed by atoms with Gasteiger partial charge in [0.2, 0.25) is 0 Å². The smallest absolute Gasteiger partial charge is 0.282 e. The number of hydrogen-bond donors (Lipinski definition) is 0. The highest BCUT2D eigenvalue weighted by Crippen LogP contribution is 2.35. The van der Waals surface area contributed by atoms with Crippen molar-refractivity contribution in [2.45, 2.75) is 32.8 Å². The summed E-state index contributed by atoms with van der Waals surface area (Å²) in [4.78, 5) is 18.1. The molecule has 180 valence electrons. The Morgan fingerprint density at radius 1 is 1.11 bits per heavy atom. The molecule has 0 radical (unpaired) electrons. The van der Waals surface area contributed by atoms with Crippen molar-refractivity contribution in [3.05, 3.63) is 100 Å². The van der Waals surface area contributed by atoms with Crippen LogP contribution in [-0.2, 0) is 6.61 Å². The zero-order valence-corrected chi connectivity index (χ0v) is 24.4. The molecular formula is C26H21Br3ClN3O2. The highest BCUT2D eigenvalue weighted by atomic mass is 79.9. The van der Waals surface area contributed by atoms with E-state index in [-0.39, 0.29) is 11.5 Å². The number of ether oxygens (including phenoxy) is 1. The monoisotopic (exact) mass is 679 g/mol. The third-order valence-corrected chi connectivity index (χ3v) is 7.60. The van der Waals surface area contributed by atoms with Crippen molar-refractivity contribution in [3.8, 4) is 5.75 Å². The molecule has 3 aromatic carbocycles. The normalized spacial score (nSPS) is 12.4. The topological polar surface area (TPSA) is 56.5 Å². The van der Waals surface area contributed by atoms with E-state index in [0.717, 1.165) is 31.0 Å². The lowest BCUT2D eigenvalue weighted by molar-refractivity contribution is 0.302. The second-order valence-corrected chi connectivity index (χ2v) is 11.0. The van der Waals surface area contributed by atoms with Crippen LogP contribution in [0, 0.1) is 0 Å². The first-order valence-corrected chi connectivity index (χ1v) is 13.7. The largest absolute Gasteiger partial charge is 0.486 e. The number of rotatable bonds is 7. The minimum Gasteiger partial charge on any atom is -0.486 e.